The van der Waals surface area contributed by atoms with Gasteiger partial charge < -0.3 is 4.57 Å². The Labute approximate surface area is 61.8 Å². The maximum Gasteiger partial charge on any atom is 0.0340 e. The Morgan fingerprint density at radius 1 is 1.62 bits per heavy atom. The van der Waals surface area contributed by atoms with E-state index in [0.29, 0.717) is 0 Å². The summed E-state index contributed by atoms with van der Waals surface area (Å²) in [4.78, 5) is 0. The van der Waals surface area contributed by atoms with Gasteiger partial charge in [0.1, 0.15) is 0 Å². The average Bonchev–Trinajstić information content (AvgIpc) is 1.80. The lowest BCUT2D eigenvalue weighted by molar-refractivity contribution is 0.554. The van der Waals surface area contributed by atoms with Gasteiger partial charge in [-0.3, -0.25) is 0 Å². The number of fused-ring (bicyclic) bond motifs is 1. The molecule has 42 valence electrons. The van der Waals surface area contributed by atoms with Crippen LogP contribution in [-0.2, 0) is 13.0 Å². The highest BCUT2D eigenvalue weighted by atomic mass is 127. The molecule has 1 nitrogen and oxygen atoms in total. The Kier molecular flexibility index (Phi) is 0.907. The predicted octanol–water partition coefficient (Wildman–Crippen LogP) is 1.65. The number of hydrogen-bond acceptors (Lipinski definition) is 0. The van der Waals surface area contributed by atoms with E-state index < -0.39 is 0 Å². The molecule has 2 heterocycles. The Balaban J connectivity index is 2.66. The van der Waals surface area contributed by atoms with Gasteiger partial charge in [0.25, 0.3) is 0 Å². The van der Waals surface area contributed by atoms with Crippen LogP contribution in [0.4, 0.5) is 0 Å². The summed E-state index contributed by atoms with van der Waals surface area (Å²) < 4.78 is 3.72. The first kappa shape index (κ1) is 4.85. The number of hydrogen-bond donors (Lipinski definition) is 0. The van der Waals surface area contributed by atoms with Crippen LogP contribution in [0.2, 0.25) is 0 Å². The molecule has 0 atom stereocenters. The molecule has 0 unspecified atom stereocenters. The van der Waals surface area contributed by atoms with E-state index >= 15 is 0 Å². The van der Waals surface area contributed by atoms with Gasteiger partial charge in [0.15, 0.2) is 0 Å². The fourth-order valence-electron chi connectivity index (χ4n) is 1.03. The lowest BCUT2D eigenvalue weighted by Gasteiger charge is -2.17. The molecule has 0 bridgehead atoms. The number of nitrogens with zero attached hydrogens (tertiary/aromatic N) is 1. The van der Waals surface area contributed by atoms with Crippen molar-refractivity contribution in [2.45, 2.75) is 13.0 Å². The molecule has 0 radical (unpaired) electrons. The van der Waals surface area contributed by atoms with Crippen molar-refractivity contribution in [2.75, 3.05) is 0 Å². The van der Waals surface area contributed by atoms with Crippen molar-refractivity contribution in [2.24, 2.45) is 0 Å². The molecule has 1 aromatic heterocycles. The highest BCUT2D eigenvalue weighted by molar-refractivity contribution is 14.1. The summed E-state index contributed by atoms with van der Waals surface area (Å²) in [6.45, 7) is 1.23. The highest BCUT2D eigenvalue weighted by Gasteiger charge is 2.13. The number of aromatic nitrogens is 1. The normalized spacial score (nSPS) is 15.1. The average molecular weight is 219 g/mol. The van der Waals surface area contributed by atoms with Crippen LogP contribution in [-0.4, -0.2) is 4.57 Å². The Morgan fingerprint density at radius 2 is 2.50 bits per heavy atom. The van der Waals surface area contributed by atoms with Crippen LogP contribution in [0.3, 0.4) is 0 Å². The van der Waals surface area contributed by atoms with E-state index in [-0.39, 0.29) is 0 Å². The standard InChI is InChI=1S/C6H6IN/c7-5-1-3-8-4-2-6(5)8/h1,3H,2,4H2. The molecule has 0 fully saturated rings. The minimum absolute atomic E-state index is 1.23. The van der Waals surface area contributed by atoms with Gasteiger partial charge in [-0.2, -0.15) is 0 Å². The summed E-state index contributed by atoms with van der Waals surface area (Å²) >= 11 is 2.38. The first-order chi connectivity index (χ1) is 3.88. The molecule has 0 N–H and O–H groups in total. The van der Waals surface area contributed by atoms with E-state index in [0.717, 1.165) is 0 Å². The fraction of sp³-hybridized carbons (Fsp3) is 0.333. The summed E-state index contributed by atoms with van der Waals surface area (Å²) in [5.74, 6) is 0. The minimum atomic E-state index is 1.23. The molecule has 2 rings (SSSR count). The van der Waals surface area contributed by atoms with E-state index in [9.17, 15) is 0 Å². The van der Waals surface area contributed by atoms with Crippen molar-refractivity contribution in [1.29, 1.82) is 0 Å². The number of halogens is 1. The number of rotatable bonds is 0. The van der Waals surface area contributed by atoms with E-state index in [2.05, 4.69) is 39.4 Å². The largest absolute Gasteiger partial charge is 0.350 e. The van der Waals surface area contributed by atoms with Crippen molar-refractivity contribution in [3.8, 4) is 0 Å². The van der Waals surface area contributed by atoms with E-state index in [1.807, 2.05) is 0 Å². The molecule has 0 saturated heterocycles. The molecule has 0 aliphatic carbocycles. The van der Waals surface area contributed by atoms with Crippen molar-refractivity contribution in [3.05, 3.63) is 21.5 Å². The van der Waals surface area contributed by atoms with Crippen molar-refractivity contribution >= 4 is 22.6 Å². The van der Waals surface area contributed by atoms with Gasteiger partial charge in [0, 0.05) is 28.4 Å². The Hall–Kier alpha value is 0.01000. The van der Waals surface area contributed by atoms with E-state index in [1.54, 1.807) is 0 Å². The molecule has 1 aliphatic rings. The molecule has 0 spiro atoms. The third-order valence-corrected chi connectivity index (χ3v) is 2.59. The highest BCUT2D eigenvalue weighted by Crippen LogP contribution is 2.21. The van der Waals surface area contributed by atoms with Gasteiger partial charge in [-0.25, -0.2) is 0 Å². The molecule has 8 heavy (non-hydrogen) atoms. The zero-order chi connectivity index (χ0) is 5.56. The molecular formula is C6H6IN. The maximum atomic E-state index is 2.38. The van der Waals surface area contributed by atoms with E-state index in [1.165, 1.54) is 22.2 Å². The Bertz CT molecular complexity index is 201. The summed E-state index contributed by atoms with van der Waals surface area (Å²) in [7, 11) is 0. The zero-order valence-corrected chi connectivity index (χ0v) is 6.55. The first-order valence-electron chi connectivity index (χ1n) is 2.71. The Morgan fingerprint density at radius 3 is 2.75 bits per heavy atom. The van der Waals surface area contributed by atoms with Gasteiger partial charge >= 0.3 is 0 Å². The molecule has 0 amide bonds. The lowest BCUT2D eigenvalue weighted by atomic mass is 10.2. The summed E-state index contributed by atoms with van der Waals surface area (Å²) in [5, 5.41) is 0. The monoisotopic (exact) mass is 219 g/mol. The van der Waals surface area contributed by atoms with Gasteiger partial charge in [0.2, 0.25) is 0 Å². The molecule has 2 heteroatoms. The van der Waals surface area contributed by atoms with Gasteiger partial charge in [0.05, 0.1) is 0 Å². The topological polar surface area (TPSA) is 4.93 Å². The van der Waals surface area contributed by atoms with Crippen molar-refractivity contribution in [1.82, 2.24) is 4.57 Å². The predicted molar refractivity (Wildman–Crippen MR) is 40.9 cm³/mol. The molecule has 0 saturated carbocycles. The summed E-state index contributed by atoms with van der Waals surface area (Å²) in [5.41, 5.74) is 1.52. The minimum Gasteiger partial charge on any atom is -0.350 e. The van der Waals surface area contributed by atoms with Crippen LogP contribution in [0, 0.1) is 3.57 Å². The zero-order valence-electron chi connectivity index (χ0n) is 4.39. The van der Waals surface area contributed by atoms with Gasteiger partial charge in [-0.15, -0.1) is 0 Å². The smallest absolute Gasteiger partial charge is 0.0340 e. The van der Waals surface area contributed by atoms with Crippen LogP contribution in [0.1, 0.15) is 5.69 Å². The quantitative estimate of drug-likeness (QED) is 0.584. The van der Waals surface area contributed by atoms with Crippen LogP contribution < -0.4 is 0 Å². The molecule has 1 aliphatic heterocycles. The fourth-order valence-corrected chi connectivity index (χ4v) is 1.77. The molecular weight excluding hydrogens is 213 g/mol. The third kappa shape index (κ3) is 0.465. The molecule has 1 aromatic rings. The second-order valence-electron chi connectivity index (χ2n) is 2.05. The van der Waals surface area contributed by atoms with Crippen LogP contribution in [0.25, 0.3) is 0 Å². The number of aryl methyl sites for hydroxylation is 1. The first-order valence-corrected chi connectivity index (χ1v) is 3.79. The maximum absolute atomic E-state index is 2.38. The second kappa shape index (κ2) is 1.50. The van der Waals surface area contributed by atoms with Gasteiger partial charge in [-0.05, 0) is 28.7 Å². The summed E-state index contributed by atoms with van der Waals surface area (Å²) in [6.07, 6.45) is 3.44. The SMILES string of the molecule is Ic1ccn2c1CC2. The van der Waals surface area contributed by atoms with Crippen molar-refractivity contribution < 1.29 is 0 Å². The van der Waals surface area contributed by atoms with Gasteiger partial charge in [-0.1, -0.05) is 0 Å². The van der Waals surface area contributed by atoms with E-state index in [4.69, 9.17) is 0 Å². The van der Waals surface area contributed by atoms with Crippen LogP contribution in [0.5, 0.6) is 0 Å². The van der Waals surface area contributed by atoms with Crippen molar-refractivity contribution in [3.63, 3.8) is 0 Å². The second-order valence-corrected chi connectivity index (χ2v) is 3.22. The lowest BCUT2D eigenvalue weighted by Crippen LogP contribution is -2.16. The van der Waals surface area contributed by atoms with Crippen LogP contribution >= 0.6 is 22.6 Å². The molecule has 0 aromatic carbocycles. The van der Waals surface area contributed by atoms with Crippen LogP contribution in [0.15, 0.2) is 12.3 Å². The third-order valence-electron chi connectivity index (χ3n) is 1.61. The summed E-state index contributed by atoms with van der Waals surface area (Å²) in [6, 6.07) is 2.17.